The number of carbonyl (C=O) groups excluding carboxylic acids is 1. The van der Waals surface area contributed by atoms with Crippen LogP contribution in [0, 0.1) is 11.3 Å². The Morgan fingerprint density at radius 1 is 0.842 bits per heavy atom. The van der Waals surface area contributed by atoms with E-state index < -0.39 is 0 Å². The zero-order valence-corrected chi connectivity index (χ0v) is 21.5. The molecule has 4 aromatic carbocycles. The lowest BCUT2D eigenvalue weighted by atomic mass is 10.1. The molecule has 0 spiro atoms. The summed E-state index contributed by atoms with van der Waals surface area (Å²) in [6.45, 7) is 3.51. The van der Waals surface area contributed by atoms with E-state index in [1.165, 1.54) is 0 Å². The number of nitrogens with zero attached hydrogens (tertiary/aromatic N) is 2. The second kappa shape index (κ2) is 12.8. The van der Waals surface area contributed by atoms with Gasteiger partial charge in [0.2, 0.25) is 0 Å². The standard InChI is InChI=1S/C31H30N4O3/c1-3-35(30-21-29(37-2)16-11-24(30)19-20-32)22-23-9-12-25(13-10-23)33-31(36)34-26-14-17-28(18-15-26)38-27-7-5-4-6-8-27/h4-18,21H,3,19,22H2,1-2H3,(H2,33,34,36). The molecule has 0 atom stereocenters. The summed E-state index contributed by atoms with van der Waals surface area (Å²) in [5, 5.41) is 14.9. The predicted molar refractivity (Wildman–Crippen MR) is 151 cm³/mol. The highest BCUT2D eigenvalue weighted by atomic mass is 16.5. The Labute approximate surface area is 223 Å². The molecule has 0 bridgehead atoms. The van der Waals surface area contributed by atoms with E-state index in [1.54, 1.807) is 31.4 Å². The van der Waals surface area contributed by atoms with Crippen LogP contribution in [0.25, 0.3) is 0 Å². The van der Waals surface area contributed by atoms with Crippen LogP contribution in [0.15, 0.2) is 97.1 Å². The van der Waals surface area contributed by atoms with E-state index >= 15 is 0 Å². The number of ether oxygens (including phenoxy) is 2. The Morgan fingerprint density at radius 2 is 1.45 bits per heavy atom. The highest BCUT2D eigenvalue weighted by molar-refractivity contribution is 5.99. The normalized spacial score (nSPS) is 10.2. The number of carbonyl (C=O) groups is 1. The lowest BCUT2D eigenvalue weighted by Crippen LogP contribution is -2.23. The summed E-state index contributed by atoms with van der Waals surface area (Å²) in [5.74, 6) is 2.19. The van der Waals surface area contributed by atoms with Crippen molar-refractivity contribution in [1.29, 1.82) is 5.26 Å². The van der Waals surface area contributed by atoms with E-state index in [-0.39, 0.29) is 6.03 Å². The molecular formula is C31H30N4O3. The Bertz CT molecular complexity index is 1380. The van der Waals surface area contributed by atoms with Gasteiger partial charge < -0.3 is 25.0 Å². The van der Waals surface area contributed by atoms with E-state index in [4.69, 9.17) is 9.47 Å². The van der Waals surface area contributed by atoms with Crippen molar-refractivity contribution in [3.63, 3.8) is 0 Å². The summed E-state index contributed by atoms with van der Waals surface area (Å²) in [5.41, 5.74) is 4.37. The van der Waals surface area contributed by atoms with Gasteiger partial charge in [-0.05, 0) is 72.6 Å². The number of nitrogens with one attached hydrogen (secondary N) is 2. The van der Waals surface area contributed by atoms with Crippen LogP contribution in [0.5, 0.6) is 17.2 Å². The number of amides is 2. The van der Waals surface area contributed by atoms with Crippen molar-refractivity contribution in [2.75, 3.05) is 29.2 Å². The molecule has 2 N–H and O–H groups in total. The molecule has 0 heterocycles. The van der Waals surface area contributed by atoms with Crippen LogP contribution in [0.3, 0.4) is 0 Å². The number of rotatable bonds is 10. The molecule has 0 saturated carbocycles. The maximum atomic E-state index is 12.5. The average molecular weight is 507 g/mol. The summed E-state index contributed by atoms with van der Waals surface area (Å²) in [6, 6.07) is 32.1. The van der Waals surface area contributed by atoms with E-state index in [1.807, 2.05) is 72.8 Å². The monoisotopic (exact) mass is 506 g/mol. The Morgan fingerprint density at radius 3 is 2.05 bits per heavy atom. The van der Waals surface area contributed by atoms with Crippen molar-refractivity contribution in [2.24, 2.45) is 0 Å². The molecule has 0 aliphatic carbocycles. The summed E-state index contributed by atoms with van der Waals surface area (Å²) in [6.07, 6.45) is 0.330. The highest BCUT2D eigenvalue weighted by Gasteiger charge is 2.13. The number of urea groups is 1. The smallest absolute Gasteiger partial charge is 0.323 e. The van der Waals surface area contributed by atoms with Gasteiger partial charge >= 0.3 is 6.03 Å². The Balaban J connectivity index is 1.34. The molecule has 0 aromatic heterocycles. The van der Waals surface area contributed by atoms with Gasteiger partial charge in [-0.3, -0.25) is 0 Å². The molecule has 4 aromatic rings. The van der Waals surface area contributed by atoms with Crippen molar-refractivity contribution in [3.8, 4) is 23.3 Å². The second-order valence-electron chi connectivity index (χ2n) is 8.56. The summed E-state index contributed by atoms with van der Waals surface area (Å²) >= 11 is 0. The fourth-order valence-corrected chi connectivity index (χ4v) is 4.01. The molecule has 0 fully saturated rings. The maximum absolute atomic E-state index is 12.5. The number of methoxy groups -OCH3 is 1. The number of benzene rings is 4. The summed E-state index contributed by atoms with van der Waals surface area (Å²) in [7, 11) is 1.64. The van der Waals surface area contributed by atoms with E-state index in [0.717, 1.165) is 34.9 Å². The van der Waals surface area contributed by atoms with E-state index in [0.29, 0.717) is 30.1 Å². The maximum Gasteiger partial charge on any atom is 0.323 e. The summed E-state index contributed by atoms with van der Waals surface area (Å²) < 4.78 is 11.2. The van der Waals surface area contributed by atoms with Crippen LogP contribution < -0.4 is 25.0 Å². The molecule has 0 saturated heterocycles. The molecular weight excluding hydrogens is 476 g/mol. The first-order valence-electron chi connectivity index (χ1n) is 12.4. The van der Waals surface area contributed by atoms with E-state index in [9.17, 15) is 10.1 Å². The van der Waals surface area contributed by atoms with Crippen molar-refractivity contribution in [3.05, 3.63) is 108 Å². The molecule has 7 nitrogen and oxygen atoms in total. The Hall–Kier alpha value is -4.96. The number of nitriles is 1. The zero-order chi connectivity index (χ0) is 26.7. The molecule has 0 unspecified atom stereocenters. The van der Waals surface area contributed by atoms with Gasteiger partial charge in [0.15, 0.2) is 0 Å². The summed E-state index contributed by atoms with van der Waals surface area (Å²) in [4.78, 5) is 14.7. The molecule has 192 valence electrons. The van der Waals surface area contributed by atoms with Crippen LogP contribution in [0.2, 0.25) is 0 Å². The first-order valence-corrected chi connectivity index (χ1v) is 12.4. The third-order valence-electron chi connectivity index (χ3n) is 5.96. The molecule has 0 aliphatic heterocycles. The fraction of sp³-hybridized carbons (Fsp3) is 0.161. The van der Waals surface area contributed by atoms with Crippen LogP contribution in [0.1, 0.15) is 18.1 Å². The van der Waals surface area contributed by atoms with Gasteiger partial charge in [-0.2, -0.15) is 5.26 Å². The third-order valence-corrected chi connectivity index (χ3v) is 5.96. The average Bonchev–Trinajstić information content (AvgIpc) is 2.95. The van der Waals surface area contributed by atoms with Crippen molar-refractivity contribution in [2.45, 2.75) is 19.9 Å². The lowest BCUT2D eigenvalue weighted by molar-refractivity contribution is 0.262. The van der Waals surface area contributed by atoms with Crippen molar-refractivity contribution < 1.29 is 14.3 Å². The first-order chi connectivity index (χ1) is 18.6. The lowest BCUT2D eigenvalue weighted by Gasteiger charge is -2.26. The quantitative estimate of drug-likeness (QED) is 0.237. The number of hydrogen-bond acceptors (Lipinski definition) is 5. The van der Waals surface area contributed by atoms with Gasteiger partial charge in [0.05, 0.1) is 19.6 Å². The van der Waals surface area contributed by atoms with Crippen molar-refractivity contribution in [1.82, 2.24) is 0 Å². The van der Waals surface area contributed by atoms with E-state index in [2.05, 4.69) is 28.5 Å². The van der Waals surface area contributed by atoms with Crippen LogP contribution >= 0.6 is 0 Å². The largest absolute Gasteiger partial charge is 0.497 e. The molecule has 0 aliphatic rings. The first kappa shape index (κ1) is 26.1. The van der Waals surface area contributed by atoms with Crippen molar-refractivity contribution >= 4 is 23.1 Å². The third kappa shape index (κ3) is 7.05. The topological polar surface area (TPSA) is 86.6 Å². The molecule has 38 heavy (non-hydrogen) atoms. The van der Waals surface area contributed by atoms with Crippen LogP contribution in [0.4, 0.5) is 21.9 Å². The van der Waals surface area contributed by atoms with Gasteiger partial charge in [0, 0.05) is 36.2 Å². The van der Waals surface area contributed by atoms with Gasteiger partial charge in [0.1, 0.15) is 17.2 Å². The number of hydrogen-bond donors (Lipinski definition) is 2. The minimum Gasteiger partial charge on any atom is -0.497 e. The zero-order valence-electron chi connectivity index (χ0n) is 21.5. The Kier molecular flexibility index (Phi) is 8.82. The minimum absolute atomic E-state index is 0.330. The van der Waals surface area contributed by atoms with Gasteiger partial charge in [-0.1, -0.05) is 36.4 Å². The van der Waals surface area contributed by atoms with Gasteiger partial charge in [-0.15, -0.1) is 0 Å². The number of para-hydroxylation sites is 1. The minimum atomic E-state index is -0.331. The fourth-order valence-electron chi connectivity index (χ4n) is 4.01. The number of anilines is 3. The predicted octanol–water partition coefficient (Wildman–Crippen LogP) is 7.22. The van der Waals surface area contributed by atoms with Gasteiger partial charge in [-0.25, -0.2) is 4.79 Å². The molecule has 7 heteroatoms. The SMILES string of the molecule is CCN(Cc1ccc(NC(=O)Nc2ccc(Oc3ccccc3)cc2)cc1)c1cc(OC)ccc1CC#N. The second-order valence-corrected chi connectivity index (χ2v) is 8.56. The van der Waals surface area contributed by atoms with Crippen LogP contribution in [-0.2, 0) is 13.0 Å². The molecule has 2 amide bonds. The molecule has 4 rings (SSSR count). The molecule has 0 radical (unpaired) electrons. The van der Waals surface area contributed by atoms with Gasteiger partial charge in [0.25, 0.3) is 0 Å². The highest BCUT2D eigenvalue weighted by Crippen LogP contribution is 2.28. The van der Waals surface area contributed by atoms with Crippen LogP contribution in [-0.4, -0.2) is 19.7 Å².